The average Bonchev–Trinajstić information content (AvgIpc) is 3.25. The van der Waals surface area contributed by atoms with Crippen LogP contribution < -0.4 is 0 Å². The van der Waals surface area contributed by atoms with Crippen molar-refractivity contribution >= 4 is 24.3 Å². The zero-order valence-corrected chi connectivity index (χ0v) is 22.0. The Bertz CT molecular complexity index is 1220. The molecule has 198 valence electrons. The first-order valence-corrected chi connectivity index (χ1v) is 12.8. The highest BCUT2D eigenvalue weighted by molar-refractivity contribution is 5.94. The van der Waals surface area contributed by atoms with E-state index in [9.17, 15) is 14.7 Å². The highest BCUT2D eigenvalue weighted by Crippen LogP contribution is 2.34. The number of morpholine rings is 1. The van der Waals surface area contributed by atoms with Crippen LogP contribution in [-0.4, -0.2) is 78.3 Å². The minimum Gasteiger partial charge on any atom is -0.459 e. The van der Waals surface area contributed by atoms with Crippen molar-refractivity contribution in [1.82, 2.24) is 9.80 Å². The van der Waals surface area contributed by atoms with Gasteiger partial charge in [0, 0.05) is 50.7 Å². The first-order chi connectivity index (χ1) is 17.4. The van der Waals surface area contributed by atoms with E-state index in [-0.39, 0.29) is 42.6 Å². The van der Waals surface area contributed by atoms with E-state index in [1.54, 1.807) is 6.07 Å². The molecule has 1 N–H and O–H groups in total. The Morgan fingerprint density at radius 2 is 1.89 bits per heavy atom. The second-order valence-electron chi connectivity index (χ2n) is 10.5. The zero-order valence-electron chi connectivity index (χ0n) is 21.1. The van der Waals surface area contributed by atoms with Crippen molar-refractivity contribution in [2.24, 2.45) is 0 Å². The molecule has 0 bridgehead atoms. The van der Waals surface area contributed by atoms with Crippen LogP contribution in [0.25, 0.3) is 0 Å². The molecule has 4 aliphatic rings. The predicted octanol–water partition coefficient (Wildman–Crippen LogP) is 2.98. The van der Waals surface area contributed by atoms with E-state index in [0.29, 0.717) is 37.3 Å². The van der Waals surface area contributed by atoms with Gasteiger partial charge in [-0.05, 0) is 48.2 Å². The molecular formula is C28H33ClN2O6. The van der Waals surface area contributed by atoms with Crippen LogP contribution in [0.5, 0.6) is 0 Å². The molecule has 2 aromatic rings. The van der Waals surface area contributed by atoms with Crippen LogP contribution >= 0.6 is 12.4 Å². The molecule has 37 heavy (non-hydrogen) atoms. The molecular weight excluding hydrogens is 496 g/mol. The number of cyclic esters (lactones) is 2. The van der Waals surface area contributed by atoms with E-state index in [1.807, 2.05) is 31.2 Å². The third-order valence-corrected chi connectivity index (χ3v) is 8.11. The van der Waals surface area contributed by atoms with Crippen molar-refractivity contribution in [1.29, 1.82) is 0 Å². The third kappa shape index (κ3) is 4.89. The van der Waals surface area contributed by atoms with Crippen LogP contribution in [0.1, 0.15) is 67.7 Å². The topological polar surface area (TPSA) is 88.5 Å². The molecule has 4 aliphatic heterocycles. The van der Waals surface area contributed by atoms with Crippen LogP contribution in [0.2, 0.25) is 0 Å². The van der Waals surface area contributed by atoms with Gasteiger partial charge in [0.2, 0.25) is 0 Å². The number of fused-ring (bicyclic) bond motifs is 3. The van der Waals surface area contributed by atoms with Gasteiger partial charge in [0.1, 0.15) is 12.7 Å². The molecule has 9 heteroatoms. The normalized spacial score (nSPS) is 26.3. The molecule has 0 radical (unpaired) electrons. The Morgan fingerprint density at radius 1 is 1.08 bits per heavy atom. The third-order valence-electron chi connectivity index (χ3n) is 8.11. The summed E-state index contributed by atoms with van der Waals surface area (Å²) in [5.74, 6) is -0.525. The quantitative estimate of drug-likeness (QED) is 0.606. The van der Waals surface area contributed by atoms with Crippen molar-refractivity contribution in [3.63, 3.8) is 0 Å². The van der Waals surface area contributed by atoms with E-state index in [1.165, 1.54) is 0 Å². The Labute approximate surface area is 222 Å². The molecule has 6 rings (SSSR count). The SMILES string of the molecule is Cc1c([C@@H]2CN3CCN(CC(O)c4ccc5c(c4)C[C@H](C)OC5=O)C[C@H]3CO2)ccc2c1COC2=O.Cl. The van der Waals surface area contributed by atoms with Crippen LogP contribution in [0, 0.1) is 6.92 Å². The van der Waals surface area contributed by atoms with Crippen molar-refractivity contribution in [3.8, 4) is 0 Å². The summed E-state index contributed by atoms with van der Waals surface area (Å²) in [5, 5.41) is 11.0. The summed E-state index contributed by atoms with van der Waals surface area (Å²) in [4.78, 5) is 28.8. The van der Waals surface area contributed by atoms with Gasteiger partial charge in [0.25, 0.3) is 0 Å². The molecule has 8 nitrogen and oxygen atoms in total. The fourth-order valence-electron chi connectivity index (χ4n) is 6.06. The number of hydrogen-bond acceptors (Lipinski definition) is 8. The first kappa shape index (κ1) is 26.1. The maximum absolute atomic E-state index is 12.1. The maximum atomic E-state index is 12.1. The van der Waals surface area contributed by atoms with Gasteiger partial charge in [-0.3, -0.25) is 9.80 Å². The van der Waals surface area contributed by atoms with Crippen LogP contribution in [-0.2, 0) is 27.2 Å². The second-order valence-corrected chi connectivity index (χ2v) is 10.5. The molecule has 4 atom stereocenters. The standard InChI is InChI=1S/C28H32N2O6.ClH/c1-16-9-19-10-18(3-4-22(19)28(33)36-16)25(31)12-29-7-8-30-13-26(34-14-20(30)11-29)21-5-6-23-24(17(21)2)15-35-27(23)32;/h3-6,10,16,20,25-26,31H,7-9,11-15H2,1-2H3;1H/t16-,20-,25?,26-;/m0./s1. The molecule has 1 unspecified atom stereocenters. The van der Waals surface area contributed by atoms with Gasteiger partial charge in [-0.25, -0.2) is 9.59 Å². The Kier molecular flexibility index (Phi) is 7.31. The van der Waals surface area contributed by atoms with Gasteiger partial charge in [0.15, 0.2) is 0 Å². The van der Waals surface area contributed by atoms with Crippen molar-refractivity contribution in [2.75, 3.05) is 39.3 Å². The van der Waals surface area contributed by atoms with Gasteiger partial charge in [-0.1, -0.05) is 18.2 Å². The second kappa shape index (κ2) is 10.3. The van der Waals surface area contributed by atoms with Crippen molar-refractivity contribution in [3.05, 3.63) is 69.3 Å². The molecule has 2 aromatic carbocycles. The molecule has 0 amide bonds. The Hall–Kier alpha value is -2.49. The number of rotatable bonds is 4. The number of benzene rings is 2. The van der Waals surface area contributed by atoms with Gasteiger partial charge in [-0.2, -0.15) is 0 Å². The molecule has 0 saturated carbocycles. The summed E-state index contributed by atoms with van der Waals surface area (Å²) in [7, 11) is 0. The Morgan fingerprint density at radius 3 is 2.73 bits per heavy atom. The van der Waals surface area contributed by atoms with Crippen molar-refractivity contribution < 1.29 is 28.9 Å². The molecule has 2 saturated heterocycles. The number of halogens is 1. The largest absolute Gasteiger partial charge is 0.459 e. The summed E-state index contributed by atoms with van der Waals surface area (Å²) in [6.07, 6.45) is -0.110. The lowest BCUT2D eigenvalue weighted by molar-refractivity contribution is -0.0939. The first-order valence-electron chi connectivity index (χ1n) is 12.8. The monoisotopic (exact) mass is 528 g/mol. The van der Waals surface area contributed by atoms with E-state index in [2.05, 4.69) is 16.7 Å². The number of nitrogens with zero attached hydrogens (tertiary/aromatic N) is 2. The van der Waals surface area contributed by atoms with Gasteiger partial charge in [0.05, 0.1) is 29.9 Å². The predicted molar refractivity (Wildman–Crippen MR) is 138 cm³/mol. The van der Waals surface area contributed by atoms with E-state index in [4.69, 9.17) is 14.2 Å². The number of esters is 2. The summed E-state index contributed by atoms with van der Waals surface area (Å²) in [6.45, 7) is 8.90. The van der Waals surface area contributed by atoms with Crippen LogP contribution in [0.3, 0.4) is 0 Å². The smallest absolute Gasteiger partial charge is 0.338 e. The summed E-state index contributed by atoms with van der Waals surface area (Å²) in [6, 6.07) is 9.73. The van der Waals surface area contributed by atoms with Crippen molar-refractivity contribution in [2.45, 2.75) is 51.2 Å². The lowest BCUT2D eigenvalue weighted by Crippen LogP contribution is -2.58. The van der Waals surface area contributed by atoms with Gasteiger partial charge in [-0.15, -0.1) is 12.4 Å². The number of aliphatic hydroxyl groups excluding tert-OH is 1. The number of β-amino-alcohol motifs (C(OH)–C–C–N with tert-alkyl or cyclic N) is 1. The summed E-state index contributed by atoms with van der Waals surface area (Å²) in [5.41, 5.74) is 6.27. The van der Waals surface area contributed by atoms with E-state index in [0.717, 1.165) is 54.0 Å². The minimum absolute atomic E-state index is 0. The van der Waals surface area contributed by atoms with Crippen LogP contribution in [0.4, 0.5) is 0 Å². The number of carbonyl (C=O) groups is 2. The zero-order chi connectivity index (χ0) is 25.0. The van der Waals surface area contributed by atoms with E-state index < -0.39 is 6.10 Å². The molecule has 0 spiro atoms. The van der Waals surface area contributed by atoms with Gasteiger partial charge < -0.3 is 19.3 Å². The number of hydrogen-bond donors (Lipinski definition) is 1. The Balaban J connectivity index is 0.00000280. The minimum atomic E-state index is -0.619. The van der Waals surface area contributed by atoms with Crippen LogP contribution in [0.15, 0.2) is 30.3 Å². The highest BCUT2D eigenvalue weighted by Gasteiger charge is 2.36. The summed E-state index contributed by atoms with van der Waals surface area (Å²) >= 11 is 0. The maximum Gasteiger partial charge on any atom is 0.338 e. The fourth-order valence-corrected chi connectivity index (χ4v) is 6.06. The van der Waals surface area contributed by atoms with E-state index >= 15 is 0 Å². The molecule has 0 aromatic heterocycles. The molecule has 4 heterocycles. The average molecular weight is 529 g/mol. The number of aliphatic hydroxyl groups is 1. The fraction of sp³-hybridized carbons (Fsp3) is 0.500. The highest BCUT2D eigenvalue weighted by atomic mass is 35.5. The number of ether oxygens (including phenoxy) is 3. The number of carbonyl (C=O) groups excluding carboxylic acids is 2. The molecule has 0 aliphatic carbocycles. The van der Waals surface area contributed by atoms with Gasteiger partial charge >= 0.3 is 11.9 Å². The lowest BCUT2D eigenvalue weighted by Gasteiger charge is -2.46. The molecule has 2 fully saturated rings. The number of piperazine rings is 1. The lowest BCUT2D eigenvalue weighted by atomic mass is 9.93. The summed E-state index contributed by atoms with van der Waals surface area (Å²) < 4.78 is 16.8.